The number of hydrogen-bond acceptors (Lipinski definition) is 6. The van der Waals surface area contributed by atoms with Crippen molar-refractivity contribution in [1.29, 1.82) is 0 Å². The van der Waals surface area contributed by atoms with Crippen molar-refractivity contribution >= 4 is 5.78 Å². The Morgan fingerprint density at radius 1 is 1.75 bits per heavy atom. The molecular weight excluding hydrogens is 162 g/mol. The fourth-order valence-electron chi connectivity index (χ4n) is 0.649. The molecule has 1 heterocycles. The number of ketones is 1. The smallest absolute Gasteiger partial charge is 0.417 e. The molecule has 0 atom stereocenters. The monoisotopic (exact) mass is 171 g/mol. The molecule has 0 saturated heterocycles. The van der Waals surface area contributed by atoms with Gasteiger partial charge in [0.25, 0.3) is 0 Å². The van der Waals surface area contributed by atoms with Crippen LogP contribution in [-0.4, -0.2) is 29.6 Å². The molecule has 0 spiro atoms. The SMILES string of the molecule is COc1nc(C(=O)CCN)no1. The molecule has 0 aliphatic heterocycles. The van der Waals surface area contributed by atoms with Crippen LogP contribution in [0.2, 0.25) is 0 Å². The summed E-state index contributed by atoms with van der Waals surface area (Å²) in [6, 6.07) is 0. The van der Waals surface area contributed by atoms with Crippen LogP contribution in [0.4, 0.5) is 0 Å². The summed E-state index contributed by atoms with van der Waals surface area (Å²) in [6.07, 6.45) is 0.193. The largest absolute Gasteiger partial charge is 0.452 e. The number of ether oxygens (including phenoxy) is 1. The predicted octanol–water partition coefficient (Wildman–Crippen LogP) is -0.390. The Morgan fingerprint density at radius 2 is 2.50 bits per heavy atom. The quantitative estimate of drug-likeness (QED) is 0.620. The van der Waals surface area contributed by atoms with Crippen LogP contribution in [0.15, 0.2) is 4.52 Å². The van der Waals surface area contributed by atoms with E-state index in [1.54, 1.807) is 0 Å². The molecule has 0 aliphatic rings. The van der Waals surface area contributed by atoms with Gasteiger partial charge in [0.1, 0.15) is 0 Å². The second-order valence-corrected chi connectivity index (χ2v) is 2.05. The Labute approximate surface area is 68.7 Å². The number of methoxy groups -OCH3 is 1. The summed E-state index contributed by atoms with van der Waals surface area (Å²) >= 11 is 0. The maximum absolute atomic E-state index is 11.1. The van der Waals surface area contributed by atoms with Gasteiger partial charge in [0, 0.05) is 6.42 Å². The normalized spacial score (nSPS) is 9.83. The first kappa shape index (κ1) is 8.66. The Kier molecular flexibility index (Phi) is 2.76. The van der Waals surface area contributed by atoms with Crippen LogP contribution >= 0.6 is 0 Å². The number of aromatic nitrogens is 2. The summed E-state index contributed by atoms with van der Waals surface area (Å²) in [5.74, 6) is -0.234. The lowest BCUT2D eigenvalue weighted by molar-refractivity contribution is 0.0972. The molecule has 12 heavy (non-hydrogen) atoms. The van der Waals surface area contributed by atoms with E-state index in [0.29, 0.717) is 0 Å². The molecule has 0 saturated carbocycles. The molecule has 2 N–H and O–H groups in total. The van der Waals surface area contributed by atoms with Crippen molar-refractivity contribution in [2.45, 2.75) is 6.42 Å². The molecule has 6 heteroatoms. The zero-order chi connectivity index (χ0) is 8.97. The molecule has 0 radical (unpaired) electrons. The highest BCUT2D eigenvalue weighted by molar-refractivity contribution is 5.92. The van der Waals surface area contributed by atoms with Crippen molar-refractivity contribution in [3.05, 3.63) is 5.82 Å². The van der Waals surface area contributed by atoms with Gasteiger partial charge in [-0.2, -0.15) is 0 Å². The number of rotatable bonds is 4. The van der Waals surface area contributed by atoms with E-state index in [1.165, 1.54) is 7.11 Å². The lowest BCUT2D eigenvalue weighted by Crippen LogP contribution is -2.09. The second kappa shape index (κ2) is 3.82. The number of carbonyl (C=O) groups excluding carboxylic acids is 1. The second-order valence-electron chi connectivity index (χ2n) is 2.05. The van der Waals surface area contributed by atoms with Gasteiger partial charge in [-0.05, 0) is 11.7 Å². The standard InChI is InChI=1S/C6H9N3O3/c1-11-6-8-5(9-12-6)4(10)2-3-7/h2-3,7H2,1H3. The van der Waals surface area contributed by atoms with Crippen LogP contribution < -0.4 is 10.5 Å². The number of nitrogens with zero attached hydrogens (tertiary/aromatic N) is 2. The van der Waals surface area contributed by atoms with E-state index in [4.69, 9.17) is 5.73 Å². The van der Waals surface area contributed by atoms with Gasteiger partial charge in [-0.25, -0.2) is 0 Å². The Balaban J connectivity index is 2.68. The summed E-state index contributed by atoms with van der Waals surface area (Å²) < 4.78 is 9.14. The number of carbonyl (C=O) groups is 1. The van der Waals surface area contributed by atoms with Crippen molar-refractivity contribution in [3.63, 3.8) is 0 Å². The van der Waals surface area contributed by atoms with E-state index in [0.717, 1.165) is 0 Å². The molecule has 1 rings (SSSR count). The molecule has 0 unspecified atom stereocenters. The number of Topliss-reactive ketones (excluding diaryl/α,β-unsaturated/α-hetero) is 1. The zero-order valence-corrected chi connectivity index (χ0v) is 6.61. The third-order valence-corrected chi connectivity index (χ3v) is 1.20. The van der Waals surface area contributed by atoms with Crippen LogP contribution in [0.3, 0.4) is 0 Å². The van der Waals surface area contributed by atoms with Crippen LogP contribution in [0.5, 0.6) is 6.08 Å². The van der Waals surface area contributed by atoms with Gasteiger partial charge in [0.05, 0.1) is 7.11 Å². The molecule has 1 aromatic heterocycles. The summed E-state index contributed by atoms with van der Waals surface area (Å²) in [4.78, 5) is 14.7. The molecular formula is C6H9N3O3. The fraction of sp³-hybridized carbons (Fsp3) is 0.500. The van der Waals surface area contributed by atoms with E-state index in [1.807, 2.05) is 0 Å². The lowest BCUT2D eigenvalue weighted by Gasteiger charge is -1.87. The van der Waals surface area contributed by atoms with E-state index in [2.05, 4.69) is 19.4 Å². The topological polar surface area (TPSA) is 91.2 Å². The highest BCUT2D eigenvalue weighted by Gasteiger charge is 2.13. The van der Waals surface area contributed by atoms with Crippen molar-refractivity contribution < 1.29 is 14.1 Å². The Morgan fingerprint density at radius 3 is 3.00 bits per heavy atom. The van der Waals surface area contributed by atoms with E-state index in [9.17, 15) is 4.79 Å². The van der Waals surface area contributed by atoms with Crippen molar-refractivity contribution in [2.24, 2.45) is 5.73 Å². The van der Waals surface area contributed by atoms with E-state index in [-0.39, 0.29) is 30.7 Å². The van der Waals surface area contributed by atoms with Crippen LogP contribution in [0.1, 0.15) is 17.0 Å². The number of nitrogens with two attached hydrogens (primary N) is 1. The predicted molar refractivity (Wildman–Crippen MR) is 38.9 cm³/mol. The molecule has 6 nitrogen and oxygen atoms in total. The highest BCUT2D eigenvalue weighted by atomic mass is 16.6. The van der Waals surface area contributed by atoms with Gasteiger partial charge in [0.15, 0.2) is 0 Å². The average molecular weight is 171 g/mol. The fourth-order valence-corrected chi connectivity index (χ4v) is 0.649. The minimum absolute atomic E-state index is 0.0114. The summed E-state index contributed by atoms with van der Waals surface area (Å²) in [5.41, 5.74) is 5.17. The highest BCUT2D eigenvalue weighted by Crippen LogP contribution is 2.06. The molecule has 0 aliphatic carbocycles. The third-order valence-electron chi connectivity index (χ3n) is 1.20. The maximum Gasteiger partial charge on any atom is 0.417 e. The van der Waals surface area contributed by atoms with Gasteiger partial charge in [-0.15, -0.1) is 4.98 Å². The Hall–Kier alpha value is -1.43. The van der Waals surface area contributed by atoms with Gasteiger partial charge in [0.2, 0.25) is 11.6 Å². The minimum atomic E-state index is -0.246. The first-order chi connectivity index (χ1) is 5.77. The number of hydrogen-bond donors (Lipinski definition) is 1. The van der Waals surface area contributed by atoms with Crippen molar-refractivity contribution in [2.75, 3.05) is 13.7 Å². The van der Waals surface area contributed by atoms with Crippen molar-refractivity contribution in [1.82, 2.24) is 10.1 Å². The van der Waals surface area contributed by atoms with Gasteiger partial charge < -0.3 is 10.5 Å². The zero-order valence-electron chi connectivity index (χ0n) is 6.61. The molecule has 0 fully saturated rings. The summed E-state index contributed by atoms with van der Waals surface area (Å²) in [6.45, 7) is 0.274. The van der Waals surface area contributed by atoms with Gasteiger partial charge in [-0.3, -0.25) is 9.32 Å². The van der Waals surface area contributed by atoms with Gasteiger partial charge >= 0.3 is 6.08 Å². The van der Waals surface area contributed by atoms with Crippen molar-refractivity contribution in [3.8, 4) is 6.08 Å². The maximum atomic E-state index is 11.1. The Bertz CT molecular complexity index is 271. The first-order valence-corrected chi connectivity index (χ1v) is 3.39. The molecule has 0 amide bonds. The average Bonchev–Trinajstić information content (AvgIpc) is 2.52. The van der Waals surface area contributed by atoms with Gasteiger partial charge in [-0.1, -0.05) is 0 Å². The minimum Gasteiger partial charge on any atom is -0.452 e. The summed E-state index contributed by atoms with van der Waals surface area (Å²) in [5, 5.41) is 3.39. The van der Waals surface area contributed by atoms with E-state index >= 15 is 0 Å². The third kappa shape index (κ3) is 1.79. The first-order valence-electron chi connectivity index (χ1n) is 3.39. The molecule has 0 aromatic carbocycles. The molecule has 66 valence electrons. The van der Waals surface area contributed by atoms with Crippen LogP contribution in [0, 0.1) is 0 Å². The molecule has 0 bridgehead atoms. The summed E-state index contributed by atoms with van der Waals surface area (Å²) in [7, 11) is 1.38. The van der Waals surface area contributed by atoms with Crippen LogP contribution in [-0.2, 0) is 0 Å². The lowest BCUT2D eigenvalue weighted by atomic mass is 10.3. The molecule has 1 aromatic rings. The van der Waals surface area contributed by atoms with Crippen LogP contribution in [0.25, 0.3) is 0 Å². The van der Waals surface area contributed by atoms with E-state index < -0.39 is 0 Å².